The zero-order valence-electron chi connectivity index (χ0n) is 16.5. The summed E-state index contributed by atoms with van der Waals surface area (Å²) in [6, 6.07) is 18.6. The minimum absolute atomic E-state index is 0.00805. The second-order valence-electron chi connectivity index (χ2n) is 6.99. The van der Waals surface area contributed by atoms with Crippen LogP contribution in [-0.4, -0.2) is 54.9 Å². The Morgan fingerprint density at radius 1 is 0.900 bits per heavy atom. The van der Waals surface area contributed by atoms with Crippen molar-refractivity contribution in [3.05, 3.63) is 76.1 Å². The molecule has 0 atom stereocenters. The maximum absolute atomic E-state index is 12.9. The number of carbonyl (C=O) groups is 2. The van der Waals surface area contributed by atoms with Crippen LogP contribution in [0.5, 0.6) is 5.75 Å². The van der Waals surface area contributed by atoms with E-state index in [2.05, 4.69) is 0 Å². The molecular weight excluding hydrogens is 420 g/mol. The highest BCUT2D eigenvalue weighted by Gasteiger charge is 2.26. The average molecular weight is 441 g/mol. The molecule has 0 unspecified atom stereocenters. The summed E-state index contributed by atoms with van der Waals surface area (Å²) in [7, 11) is 1.58. The highest BCUT2D eigenvalue weighted by Crippen LogP contribution is 2.30. The normalized spacial score (nSPS) is 13.9. The van der Waals surface area contributed by atoms with Crippen LogP contribution in [-0.2, 0) is 0 Å². The van der Waals surface area contributed by atoms with Crippen molar-refractivity contribution in [1.29, 1.82) is 0 Å². The molecule has 5 nitrogen and oxygen atoms in total. The average Bonchev–Trinajstić information content (AvgIpc) is 3.29. The topological polar surface area (TPSA) is 49.9 Å². The van der Waals surface area contributed by atoms with Crippen LogP contribution in [0.1, 0.15) is 20.0 Å². The summed E-state index contributed by atoms with van der Waals surface area (Å²) in [4.78, 5) is 31.0. The van der Waals surface area contributed by atoms with Gasteiger partial charge in [-0.25, -0.2) is 0 Å². The fourth-order valence-electron chi connectivity index (χ4n) is 3.43. The van der Waals surface area contributed by atoms with Crippen molar-refractivity contribution >= 4 is 34.8 Å². The lowest BCUT2D eigenvalue weighted by Gasteiger charge is -2.34. The molecule has 0 spiro atoms. The van der Waals surface area contributed by atoms with E-state index in [0.29, 0.717) is 47.4 Å². The molecule has 1 aliphatic heterocycles. The Morgan fingerprint density at radius 3 is 2.23 bits per heavy atom. The van der Waals surface area contributed by atoms with E-state index >= 15 is 0 Å². The number of halogens is 1. The standard InChI is InChI=1S/C23H21ClN2O3S/c1-29-19-4-2-3-17(15-19)22(27)25-11-13-26(14-12-25)23(28)21-10-9-20(30-21)16-5-7-18(24)8-6-16/h2-10,15H,11-14H2,1H3. The number of carbonyl (C=O) groups excluding carboxylic acids is 2. The zero-order chi connectivity index (χ0) is 21.1. The Labute approximate surface area is 184 Å². The summed E-state index contributed by atoms with van der Waals surface area (Å²) >= 11 is 7.43. The Bertz CT molecular complexity index is 1060. The second-order valence-corrected chi connectivity index (χ2v) is 8.51. The number of benzene rings is 2. The molecule has 2 aromatic carbocycles. The van der Waals surface area contributed by atoms with Crippen LogP contribution in [0.2, 0.25) is 5.02 Å². The first-order chi connectivity index (χ1) is 14.5. The fourth-order valence-corrected chi connectivity index (χ4v) is 4.53. The Morgan fingerprint density at radius 2 is 1.57 bits per heavy atom. The van der Waals surface area contributed by atoms with Crippen LogP contribution in [0, 0.1) is 0 Å². The van der Waals surface area contributed by atoms with Crippen molar-refractivity contribution in [2.45, 2.75) is 0 Å². The monoisotopic (exact) mass is 440 g/mol. The summed E-state index contributed by atoms with van der Waals surface area (Å²) in [6.07, 6.45) is 0. The van der Waals surface area contributed by atoms with Crippen molar-refractivity contribution < 1.29 is 14.3 Å². The maximum Gasteiger partial charge on any atom is 0.264 e. The van der Waals surface area contributed by atoms with Gasteiger partial charge in [0.1, 0.15) is 5.75 Å². The predicted octanol–water partition coefficient (Wildman–Crippen LogP) is 4.68. The highest BCUT2D eigenvalue weighted by atomic mass is 35.5. The van der Waals surface area contributed by atoms with Crippen LogP contribution in [0.4, 0.5) is 0 Å². The Balaban J connectivity index is 1.38. The molecule has 154 valence electrons. The number of rotatable bonds is 4. The molecule has 7 heteroatoms. The van der Waals surface area contributed by atoms with E-state index in [9.17, 15) is 9.59 Å². The fraction of sp³-hybridized carbons (Fsp3) is 0.217. The van der Waals surface area contributed by atoms with Gasteiger partial charge in [-0.15, -0.1) is 11.3 Å². The number of amides is 2. The first-order valence-electron chi connectivity index (χ1n) is 9.63. The lowest BCUT2D eigenvalue weighted by molar-refractivity contribution is 0.0538. The number of hydrogen-bond acceptors (Lipinski definition) is 4. The molecule has 1 saturated heterocycles. The van der Waals surface area contributed by atoms with Crippen molar-refractivity contribution in [2.75, 3.05) is 33.3 Å². The molecule has 0 bridgehead atoms. The molecule has 1 fully saturated rings. The van der Waals surface area contributed by atoms with Gasteiger partial charge in [-0.3, -0.25) is 9.59 Å². The van der Waals surface area contributed by atoms with E-state index < -0.39 is 0 Å². The molecule has 2 heterocycles. The van der Waals surface area contributed by atoms with Gasteiger partial charge in [-0.2, -0.15) is 0 Å². The van der Waals surface area contributed by atoms with Gasteiger partial charge in [0.15, 0.2) is 0 Å². The van der Waals surface area contributed by atoms with Gasteiger partial charge < -0.3 is 14.5 Å². The molecule has 0 saturated carbocycles. The summed E-state index contributed by atoms with van der Waals surface area (Å²) in [5.74, 6) is 0.625. The largest absolute Gasteiger partial charge is 0.497 e. The van der Waals surface area contributed by atoms with E-state index in [4.69, 9.17) is 16.3 Å². The van der Waals surface area contributed by atoms with Crippen molar-refractivity contribution in [2.24, 2.45) is 0 Å². The quantitative estimate of drug-likeness (QED) is 0.592. The number of methoxy groups -OCH3 is 1. The third-order valence-corrected chi connectivity index (χ3v) is 6.49. The lowest BCUT2D eigenvalue weighted by atomic mass is 10.1. The molecular formula is C23H21ClN2O3S. The van der Waals surface area contributed by atoms with Crippen LogP contribution in [0.3, 0.4) is 0 Å². The third kappa shape index (κ3) is 4.35. The zero-order valence-corrected chi connectivity index (χ0v) is 18.1. The number of nitrogens with zero attached hydrogens (tertiary/aromatic N) is 2. The third-order valence-electron chi connectivity index (χ3n) is 5.12. The number of hydrogen-bond donors (Lipinski definition) is 0. The summed E-state index contributed by atoms with van der Waals surface area (Å²) in [6.45, 7) is 2.06. The highest BCUT2D eigenvalue weighted by molar-refractivity contribution is 7.17. The van der Waals surface area contributed by atoms with Gasteiger partial charge >= 0.3 is 0 Å². The molecule has 0 radical (unpaired) electrons. The van der Waals surface area contributed by atoms with Crippen LogP contribution < -0.4 is 4.74 Å². The second kappa shape index (κ2) is 8.90. The first-order valence-corrected chi connectivity index (χ1v) is 10.8. The minimum Gasteiger partial charge on any atom is -0.497 e. The van der Waals surface area contributed by atoms with Gasteiger partial charge in [0.25, 0.3) is 11.8 Å². The van der Waals surface area contributed by atoms with Gasteiger partial charge in [0.05, 0.1) is 12.0 Å². The summed E-state index contributed by atoms with van der Waals surface area (Å²) < 4.78 is 5.20. The molecule has 3 aromatic rings. The van der Waals surface area contributed by atoms with Crippen LogP contribution in [0.15, 0.2) is 60.7 Å². The molecule has 0 aliphatic carbocycles. The number of thiophene rings is 1. The van der Waals surface area contributed by atoms with Gasteiger partial charge in [-0.05, 0) is 48.0 Å². The SMILES string of the molecule is COc1cccc(C(=O)N2CCN(C(=O)c3ccc(-c4ccc(Cl)cc4)s3)CC2)c1. The van der Waals surface area contributed by atoms with Crippen molar-refractivity contribution in [1.82, 2.24) is 9.80 Å². The van der Waals surface area contributed by atoms with Crippen LogP contribution >= 0.6 is 22.9 Å². The van der Waals surface area contributed by atoms with Crippen LogP contribution in [0.25, 0.3) is 10.4 Å². The van der Waals surface area contributed by atoms with E-state index in [-0.39, 0.29) is 11.8 Å². The molecule has 1 aliphatic rings. The van der Waals surface area contributed by atoms with E-state index in [0.717, 1.165) is 10.4 Å². The summed E-state index contributed by atoms with van der Waals surface area (Å²) in [5.41, 5.74) is 1.64. The van der Waals surface area contributed by atoms with Crippen molar-refractivity contribution in [3.8, 4) is 16.2 Å². The smallest absolute Gasteiger partial charge is 0.264 e. The molecule has 30 heavy (non-hydrogen) atoms. The van der Waals surface area contributed by atoms with Gasteiger partial charge in [-0.1, -0.05) is 29.8 Å². The Hall–Kier alpha value is -2.83. The first kappa shape index (κ1) is 20.4. The molecule has 4 rings (SSSR count). The van der Waals surface area contributed by atoms with E-state index in [1.165, 1.54) is 11.3 Å². The van der Waals surface area contributed by atoms with E-state index in [1.807, 2.05) is 47.4 Å². The lowest BCUT2D eigenvalue weighted by Crippen LogP contribution is -2.50. The number of ether oxygens (including phenoxy) is 1. The van der Waals surface area contributed by atoms with Gasteiger partial charge in [0, 0.05) is 41.6 Å². The molecule has 0 N–H and O–H groups in total. The van der Waals surface area contributed by atoms with Crippen molar-refractivity contribution in [3.63, 3.8) is 0 Å². The molecule has 1 aromatic heterocycles. The minimum atomic E-state index is -0.0397. The Kier molecular flexibility index (Phi) is 6.06. The molecule has 2 amide bonds. The van der Waals surface area contributed by atoms with Gasteiger partial charge in [0.2, 0.25) is 0 Å². The van der Waals surface area contributed by atoms with E-state index in [1.54, 1.807) is 30.2 Å². The maximum atomic E-state index is 12.9. The number of piperazine rings is 1. The predicted molar refractivity (Wildman–Crippen MR) is 120 cm³/mol. The summed E-state index contributed by atoms with van der Waals surface area (Å²) in [5, 5.41) is 0.688.